The van der Waals surface area contributed by atoms with Crippen LogP contribution in [-0.4, -0.2) is 51.7 Å². The first-order valence-electron chi connectivity index (χ1n) is 9.72. The molecule has 1 aliphatic heterocycles. The molecule has 136 valence electrons. The lowest BCUT2D eigenvalue weighted by Gasteiger charge is -2.33. The summed E-state index contributed by atoms with van der Waals surface area (Å²) in [5, 5.41) is 3.49. The first kappa shape index (κ1) is 17.3. The first-order chi connectivity index (χ1) is 12.7. The van der Waals surface area contributed by atoms with E-state index in [0.717, 1.165) is 45.6 Å². The van der Waals surface area contributed by atoms with Crippen molar-refractivity contribution in [3.63, 3.8) is 0 Å². The van der Waals surface area contributed by atoms with Crippen LogP contribution in [0, 0.1) is 0 Å². The fourth-order valence-electron chi connectivity index (χ4n) is 4.19. The van der Waals surface area contributed by atoms with Gasteiger partial charge in [0.05, 0.1) is 0 Å². The number of allylic oxidation sites excluding steroid dienone is 1. The molecule has 0 bridgehead atoms. The highest BCUT2D eigenvalue weighted by Crippen LogP contribution is 2.43. The number of benzene rings is 2. The maximum absolute atomic E-state index is 3.49. The Kier molecular flexibility index (Phi) is 5.09. The third-order valence-electron chi connectivity index (χ3n) is 5.45. The number of piperazine rings is 1. The van der Waals surface area contributed by atoms with Gasteiger partial charge in [-0.05, 0) is 48.3 Å². The van der Waals surface area contributed by atoms with E-state index in [1.807, 2.05) is 0 Å². The lowest BCUT2D eigenvalue weighted by Crippen LogP contribution is -2.44. The number of fused-ring (bicyclic) bond motifs is 3. The average Bonchev–Trinajstić information content (AvgIpc) is 3.04. The maximum Gasteiger partial charge on any atom is 0.0445 e. The van der Waals surface area contributed by atoms with Gasteiger partial charge in [0.15, 0.2) is 0 Å². The quantitative estimate of drug-likeness (QED) is 0.714. The second-order valence-corrected chi connectivity index (χ2v) is 7.61. The Balaban J connectivity index is 1.70. The molecule has 1 fully saturated rings. The van der Waals surface area contributed by atoms with Crippen LogP contribution >= 0.6 is 0 Å². The van der Waals surface area contributed by atoms with Crippen molar-refractivity contribution in [3.05, 3.63) is 65.2 Å². The second kappa shape index (κ2) is 7.65. The van der Waals surface area contributed by atoms with E-state index in [4.69, 9.17) is 0 Å². The van der Waals surface area contributed by atoms with Crippen LogP contribution in [0.4, 0.5) is 5.69 Å². The Morgan fingerprint density at radius 1 is 1.00 bits per heavy atom. The molecule has 0 amide bonds. The fraction of sp³-hybridized carbons (Fsp3) is 0.391. The van der Waals surface area contributed by atoms with E-state index < -0.39 is 0 Å². The molecule has 2 aliphatic rings. The van der Waals surface area contributed by atoms with Gasteiger partial charge in [0.25, 0.3) is 0 Å². The van der Waals surface area contributed by atoms with E-state index in [1.54, 1.807) is 0 Å². The van der Waals surface area contributed by atoms with Gasteiger partial charge >= 0.3 is 0 Å². The van der Waals surface area contributed by atoms with Crippen LogP contribution in [0.5, 0.6) is 0 Å². The van der Waals surface area contributed by atoms with Crippen LogP contribution in [0.25, 0.3) is 11.1 Å². The standard InChI is InChI=1S/C23H29N3/c1-25(2)14-6-5-7-18-10-11-21-20-9-4-3-8-19(20)17-22(21)23(18)26-15-12-24-13-16-26/h3-6,8-11,24H,7,12-17H2,1-2H3. The predicted octanol–water partition coefficient (Wildman–Crippen LogP) is 3.33. The van der Waals surface area contributed by atoms with E-state index in [0.29, 0.717) is 0 Å². The summed E-state index contributed by atoms with van der Waals surface area (Å²) in [5.74, 6) is 0. The van der Waals surface area contributed by atoms with Crippen molar-refractivity contribution in [3.8, 4) is 11.1 Å². The van der Waals surface area contributed by atoms with Crippen LogP contribution in [0.2, 0.25) is 0 Å². The summed E-state index contributed by atoms with van der Waals surface area (Å²) in [5.41, 5.74) is 8.83. The van der Waals surface area contributed by atoms with Gasteiger partial charge in [0.2, 0.25) is 0 Å². The van der Waals surface area contributed by atoms with Crippen molar-refractivity contribution in [2.45, 2.75) is 12.8 Å². The molecule has 0 spiro atoms. The molecule has 0 aromatic heterocycles. The Hall–Kier alpha value is -2.10. The van der Waals surface area contributed by atoms with E-state index in [9.17, 15) is 0 Å². The SMILES string of the molecule is CN(C)CC=CCc1ccc2c(c1N1CCNCC1)Cc1ccccc1-2. The van der Waals surface area contributed by atoms with Gasteiger partial charge < -0.3 is 15.1 Å². The smallest absolute Gasteiger partial charge is 0.0445 e. The normalized spacial score (nSPS) is 16.3. The molecule has 1 N–H and O–H groups in total. The molecule has 0 unspecified atom stereocenters. The zero-order chi connectivity index (χ0) is 17.9. The molecule has 2 aromatic rings. The summed E-state index contributed by atoms with van der Waals surface area (Å²) in [7, 11) is 4.23. The zero-order valence-electron chi connectivity index (χ0n) is 16.0. The lowest BCUT2D eigenvalue weighted by atomic mass is 9.97. The summed E-state index contributed by atoms with van der Waals surface area (Å²) in [6.07, 6.45) is 6.69. The van der Waals surface area contributed by atoms with Gasteiger partial charge in [-0.15, -0.1) is 0 Å². The molecule has 1 heterocycles. The predicted molar refractivity (Wildman–Crippen MR) is 111 cm³/mol. The van der Waals surface area contributed by atoms with Gasteiger partial charge in [-0.25, -0.2) is 0 Å². The highest BCUT2D eigenvalue weighted by Gasteiger charge is 2.25. The first-order valence-corrected chi connectivity index (χ1v) is 9.72. The Labute approximate surface area is 157 Å². The minimum Gasteiger partial charge on any atom is -0.369 e. The van der Waals surface area contributed by atoms with Crippen molar-refractivity contribution >= 4 is 5.69 Å². The molecule has 26 heavy (non-hydrogen) atoms. The van der Waals surface area contributed by atoms with Crippen molar-refractivity contribution < 1.29 is 0 Å². The van der Waals surface area contributed by atoms with E-state index in [1.165, 1.54) is 33.5 Å². The maximum atomic E-state index is 3.49. The Morgan fingerprint density at radius 3 is 2.62 bits per heavy atom. The fourth-order valence-corrected chi connectivity index (χ4v) is 4.19. The molecule has 0 radical (unpaired) electrons. The number of hydrogen-bond acceptors (Lipinski definition) is 3. The highest BCUT2D eigenvalue weighted by molar-refractivity contribution is 5.84. The van der Waals surface area contributed by atoms with Gasteiger partial charge in [0.1, 0.15) is 0 Å². The molecular weight excluding hydrogens is 318 g/mol. The topological polar surface area (TPSA) is 18.5 Å². The van der Waals surface area contributed by atoms with Crippen LogP contribution in [0.15, 0.2) is 48.6 Å². The van der Waals surface area contributed by atoms with Crippen molar-refractivity contribution in [1.82, 2.24) is 10.2 Å². The summed E-state index contributed by atoms with van der Waals surface area (Å²) in [6.45, 7) is 5.35. The van der Waals surface area contributed by atoms with E-state index in [-0.39, 0.29) is 0 Å². The lowest BCUT2D eigenvalue weighted by molar-refractivity contribution is 0.456. The summed E-state index contributed by atoms with van der Waals surface area (Å²) < 4.78 is 0. The van der Waals surface area contributed by atoms with Gasteiger partial charge in [-0.2, -0.15) is 0 Å². The van der Waals surface area contributed by atoms with Crippen LogP contribution in [0.3, 0.4) is 0 Å². The van der Waals surface area contributed by atoms with Crippen LogP contribution in [0.1, 0.15) is 16.7 Å². The molecule has 2 aromatic carbocycles. The Bertz CT molecular complexity index is 801. The number of hydrogen-bond donors (Lipinski definition) is 1. The Morgan fingerprint density at radius 2 is 1.81 bits per heavy atom. The third-order valence-corrected chi connectivity index (χ3v) is 5.45. The summed E-state index contributed by atoms with van der Waals surface area (Å²) >= 11 is 0. The van der Waals surface area contributed by atoms with E-state index >= 15 is 0 Å². The monoisotopic (exact) mass is 347 g/mol. The van der Waals surface area contributed by atoms with Gasteiger partial charge in [-0.1, -0.05) is 48.6 Å². The summed E-state index contributed by atoms with van der Waals surface area (Å²) in [6, 6.07) is 13.6. The van der Waals surface area contributed by atoms with Crippen molar-refractivity contribution in [2.75, 3.05) is 51.7 Å². The van der Waals surface area contributed by atoms with Crippen LogP contribution < -0.4 is 10.2 Å². The molecular formula is C23H29N3. The van der Waals surface area contributed by atoms with Crippen LogP contribution in [-0.2, 0) is 12.8 Å². The molecule has 3 heteroatoms. The summed E-state index contributed by atoms with van der Waals surface area (Å²) in [4.78, 5) is 4.81. The largest absolute Gasteiger partial charge is 0.369 e. The van der Waals surface area contributed by atoms with Gasteiger partial charge in [0, 0.05) is 44.8 Å². The number of nitrogens with zero attached hydrogens (tertiary/aromatic N) is 2. The highest BCUT2D eigenvalue weighted by atomic mass is 15.2. The molecule has 1 saturated heterocycles. The van der Waals surface area contributed by atoms with E-state index in [2.05, 4.69) is 77.8 Å². The average molecular weight is 348 g/mol. The molecule has 0 saturated carbocycles. The number of likely N-dealkylation sites (N-methyl/N-ethyl adjacent to an activating group) is 1. The molecule has 3 nitrogen and oxygen atoms in total. The number of anilines is 1. The number of rotatable bonds is 5. The second-order valence-electron chi connectivity index (χ2n) is 7.61. The molecule has 1 aliphatic carbocycles. The minimum absolute atomic E-state index is 0.999. The van der Waals surface area contributed by atoms with Gasteiger partial charge in [-0.3, -0.25) is 0 Å². The minimum atomic E-state index is 0.999. The van der Waals surface area contributed by atoms with Crippen molar-refractivity contribution in [2.24, 2.45) is 0 Å². The molecule has 0 atom stereocenters. The third kappa shape index (κ3) is 3.42. The zero-order valence-corrected chi connectivity index (χ0v) is 16.0. The van der Waals surface area contributed by atoms with Crippen molar-refractivity contribution in [1.29, 1.82) is 0 Å². The molecule has 4 rings (SSSR count). The number of nitrogens with one attached hydrogen (secondary N) is 1.